The molecule has 4 aromatic rings. The van der Waals surface area contributed by atoms with Crippen molar-refractivity contribution in [3.63, 3.8) is 0 Å². The van der Waals surface area contributed by atoms with E-state index in [0.717, 1.165) is 24.3 Å². The average molecular weight is 460 g/mol. The van der Waals surface area contributed by atoms with Gasteiger partial charge in [0.1, 0.15) is 5.75 Å². The molecular weight excluding hydrogens is 445 g/mol. The average Bonchev–Trinajstić information content (AvgIpc) is 3.28. The summed E-state index contributed by atoms with van der Waals surface area (Å²) in [5.74, 6) is 0.640. The lowest BCUT2D eigenvalue weighted by atomic mass is 10.2. The molecule has 3 aromatic carbocycles. The van der Waals surface area contributed by atoms with Crippen LogP contribution in [-0.4, -0.2) is 25.7 Å². The number of methoxy groups -OCH3 is 1. The fourth-order valence-corrected chi connectivity index (χ4v) is 4.55. The van der Waals surface area contributed by atoms with E-state index in [2.05, 4.69) is 10.1 Å². The van der Waals surface area contributed by atoms with Gasteiger partial charge in [0.15, 0.2) is 0 Å². The second-order valence-corrected chi connectivity index (χ2v) is 8.56. The van der Waals surface area contributed by atoms with E-state index >= 15 is 0 Å². The predicted molar refractivity (Wildman–Crippen MR) is 109 cm³/mol. The van der Waals surface area contributed by atoms with Gasteiger partial charge in [-0.05, 0) is 48.5 Å². The number of rotatable bonds is 5. The molecule has 0 bridgehead atoms. The fraction of sp³-hybridized carbons (Fsp3) is 0.0909. The molecule has 6 nitrogen and oxygen atoms in total. The van der Waals surface area contributed by atoms with E-state index in [0.29, 0.717) is 11.3 Å². The molecular formula is C22H15F3N2O4S. The monoisotopic (exact) mass is 460 g/mol. The highest BCUT2D eigenvalue weighted by molar-refractivity contribution is 7.91. The molecule has 10 heteroatoms. The third-order valence-corrected chi connectivity index (χ3v) is 6.50. The van der Waals surface area contributed by atoms with Crippen LogP contribution in [0.1, 0.15) is 5.56 Å². The molecule has 0 aliphatic heterocycles. The van der Waals surface area contributed by atoms with E-state index in [4.69, 9.17) is 9.26 Å². The van der Waals surface area contributed by atoms with Gasteiger partial charge in [-0.15, -0.1) is 0 Å². The van der Waals surface area contributed by atoms with Crippen molar-refractivity contribution in [3.8, 4) is 28.6 Å². The molecule has 0 aliphatic carbocycles. The van der Waals surface area contributed by atoms with Crippen LogP contribution in [0.2, 0.25) is 0 Å². The first-order valence-corrected chi connectivity index (χ1v) is 10.7. The molecule has 0 saturated carbocycles. The van der Waals surface area contributed by atoms with Gasteiger partial charge in [-0.25, -0.2) is 8.42 Å². The number of para-hydroxylation sites is 1. The van der Waals surface area contributed by atoms with Crippen LogP contribution in [0.15, 0.2) is 87.1 Å². The zero-order valence-electron chi connectivity index (χ0n) is 16.5. The number of alkyl halides is 3. The van der Waals surface area contributed by atoms with Crippen molar-refractivity contribution < 1.29 is 30.8 Å². The van der Waals surface area contributed by atoms with Crippen LogP contribution in [0.4, 0.5) is 13.2 Å². The van der Waals surface area contributed by atoms with Gasteiger partial charge in [0, 0.05) is 0 Å². The summed E-state index contributed by atoms with van der Waals surface area (Å²) in [6.45, 7) is 0. The Hall–Kier alpha value is -3.66. The van der Waals surface area contributed by atoms with Gasteiger partial charge in [0.2, 0.25) is 15.7 Å². The molecule has 1 heterocycles. The molecule has 0 unspecified atom stereocenters. The van der Waals surface area contributed by atoms with Gasteiger partial charge in [-0.1, -0.05) is 29.4 Å². The molecule has 0 spiro atoms. The predicted octanol–water partition coefficient (Wildman–Crippen LogP) is 5.26. The minimum absolute atomic E-state index is 0.0583. The Morgan fingerprint density at radius 3 is 2.16 bits per heavy atom. The summed E-state index contributed by atoms with van der Waals surface area (Å²) in [6.07, 6.45) is -4.57. The van der Waals surface area contributed by atoms with Crippen LogP contribution in [0.3, 0.4) is 0 Å². The maximum absolute atomic E-state index is 13.2. The minimum Gasteiger partial charge on any atom is -0.496 e. The van der Waals surface area contributed by atoms with Crippen LogP contribution in [-0.2, 0) is 16.0 Å². The quantitative estimate of drug-likeness (QED) is 0.404. The van der Waals surface area contributed by atoms with Crippen molar-refractivity contribution in [1.29, 1.82) is 0 Å². The van der Waals surface area contributed by atoms with Gasteiger partial charge in [0.05, 0.1) is 33.6 Å². The van der Waals surface area contributed by atoms with Crippen LogP contribution in [0.5, 0.6) is 5.75 Å². The third kappa shape index (κ3) is 3.96. The Balaban J connectivity index is 1.76. The summed E-state index contributed by atoms with van der Waals surface area (Å²) >= 11 is 0. The van der Waals surface area contributed by atoms with E-state index in [1.54, 1.807) is 30.3 Å². The molecule has 1 aromatic heterocycles. The molecule has 0 amide bonds. The first-order chi connectivity index (χ1) is 15.2. The lowest BCUT2D eigenvalue weighted by Crippen LogP contribution is -2.07. The summed E-state index contributed by atoms with van der Waals surface area (Å²) in [6, 6.07) is 16.2. The second kappa shape index (κ2) is 8.12. The molecule has 0 aliphatic rings. The van der Waals surface area contributed by atoms with Crippen LogP contribution in [0, 0.1) is 0 Å². The zero-order valence-corrected chi connectivity index (χ0v) is 17.3. The maximum atomic E-state index is 13.2. The Kier molecular flexibility index (Phi) is 5.47. The molecule has 4 rings (SSSR count). The van der Waals surface area contributed by atoms with E-state index in [1.807, 2.05) is 0 Å². The summed E-state index contributed by atoms with van der Waals surface area (Å²) in [5.41, 5.74) is -0.266. The second-order valence-electron chi connectivity index (χ2n) is 6.65. The SMILES string of the molecule is COc1ccccc1-c1noc(-c2ccccc2S(=O)(=O)c2ccc(C(F)(F)F)cc2)n1. The lowest BCUT2D eigenvalue weighted by molar-refractivity contribution is -0.137. The molecule has 0 saturated heterocycles. The van der Waals surface area contributed by atoms with Crippen molar-refractivity contribution >= 4 is 9.84 Å². The lowest BCUT2D eigenvalue weighted by Gasteiger charge is -2.10. The smallest absolute Gasteiger partial charge is 0.416 e. The molecule has 164 valence electrons. The van der Waals surface area contributed by atoms with Gasteiger partial charge < -0.3 is 9.26 Å². The van der Waals surface area contributed by atoms with Crippen molar-refractivity contribution in [2.45, 2.75) is 16.0 Å². The van der Waals surface area contributed by atoms with Crippen molar-refractivity contribution in [1.82, 2.24) is 10.1 Å². The first kappa shape index (κ1) is 21.6. The molecule has 0 radical (unpaired) electrons. The highest BCUT2D eigenvalue weighted by Crippen LogP contribution is 2.35. The van der Waals surface area contributed by atoms with Gasteiger partial charge in [0.25, 0.3) is 5.89 Å². The minimum atomic E-state index is -4.57. The number of benzene rings is 3. The normalized spacial score (nSPS) is 12.0. The van der Waals surface area contributed by atoms with E-state index in [1.165, 1.54) is 25.3 Å². The topological polar surface area (TPSA) is 82.3 Å². The van der Waals surface area contributed by atoms with Crippen LogP contribution in [0.25, 0.3) is 22.8 Å². The van der Waals surface area contributed by atoms with Crippen molar-refractivity contribution in [2.24, 2.45) is 0 Å². The Bertz CT molecular complexity index is 1360. The van der Waals surface area contributed by atoms with Crippen LogP contribution < -0.4 is 4.74 Å². The number of hydrogen-bond acceptors (Lipinski definition) is 6. The third-order valence-electron chi connectivity index (χ3n) is 4.67. The van der Waals surface area contributed by atoms with E-state index < -0.39 is 21.6 Å². The molecule has 0 N–H and O–H groups in total. The Morgan fingerprint density at radius 1 is 0.875 bits per heavy atom. The van der Waals surface area contributed by atoms with Crippen molar-refractivity contribution in [2.75, 3.05) is 7.11 Å². The van der Waals surface area contributed by atoms with Gasteiger partial charge in [-0.3, -0.25) is 0 Å². The van der Waals surface area contributed by atoms with E-state index in [9.17, 15) is 21.6 Å². The van der Waals surface area contributed by atoms with Gasteiger partial charge >= 0.3 is 6.18 Å². The largest absolute Gasteiger partial charge is 0.496 e. The zero-order chi connectivity index (χ0) is 22.9. The highest BCUT2D eigenvalue weighted by Gasteiger charge is 2.31. The summed E-state index contributed by atoms with van der Waals surface area (Å²) in [4.78, 5) is 3.84. The first-order valence-electron chi connectivity index (χ1n) is 9.20. The van der Waals surface area contributed by atoms with Crippen molar-refractivity contribution in [3.05, 3.63) is 78.4 Å². The summed E-state index contributed by atoms with van der Waals surface area (Å²) < 4.78 is 75.5. The Morgan fingerprint density at radius 2 is 1.50 bits per heavy atom. The highest BCUT2D eigenvalue weighted by atomic mass is 32.2. The number of hydrogen-bond donors (Lipinski definition) is 0. The molecule has 0 atom stereocenters. The molecule has 0 fully saturated rings. The van der Waals surface area contributed by atoms with Gasteiger partial charge in [-0.2, -0.15) is 18.2 Å². The maximum Gasteiger partial charge on any atom is 0.416 e. The number of nitrogens with zero attached hydrogens (tertiary/aromatic N) is 2. The summed E-state index contributed by atoms with van der Waals surface area (Å²) in [7, 11) is -2.68. The fourth-order valence-electron chi connectivity index (χ4n) is 3.10. The number of ether oxygens (including phenoxy) is 1. The number of halogens is 3. The van der Waals surface area contributed by atoms with E-state index in [-0.39, 0.29) is 27.1 Å². The standard InChI is InChI=1S/C22H15F3N2O4S/c1-30-18-8-4-2-6-16(18)20-26-21(31-27-20)17-7-3-5-9-19(17)32(28,29)15-12-10-14(11-13-15)22(23,24)25/h2-13H,1H3. The Labute approximate surface area is 181 Å². The summed E-state index contributed by atoms with van der Waals surface area (Å²) in [5, 5.41) is 3.92. The molecule has 32 heavy (non-hydrogen) atoms. The number of aromatic nitrogens is 2. The number of sulfone groups is 1. The van der Waals surface area contributed by atoms with Crippen LogP contribution >= 0.6 is 0 Å².